The molecule has 3 rings (SSSR count). The molecule has 2 aromatic carbocycles. The summed E-state index contributed by atoms with van der Waals surface area (Å²) in [5, 5.41) is 9.82. The van der Waals surface area contributed by atoms with Crippen molar-refractivity contribution in [1.29, 1.82) is 0 Å². The largest absolute Gasteiger partial charge is 0.478 e. The molecule has 4 heteroatoms. The van der Waals surface area contributed by atoms with Crippen molar-refractivity contribution in [3.63, 3.8) is 0 Å². The summed E-state index contributed by atoms with van der Waals surface area (Å²) >= 11 is 0. The third-order valence-corrected chi connectivity index (χ3v) is 3.46. The third kappa shape index (κ3) is 2.21. The lowest BCUT2D eigenvalue weighted by molar-refractivity contribution is 0.0699. The number of rotatable bonds is 2. The first-order chi connectivity index (χ1) is 10.1. The number of carbonyl (C=O) groups is 2. The summed E-state index contributed by atoms with van der Waals surface area (Å²) in [6.07, 6.45) is 1.38. The molecule has 0 saturated carbocycles. The Morgan fingerprint density at radius 2 is 1.67 bits per heavy atom. The SMILES string of the molecule is Cc1ccc(C(=O)n2cc(C(=O)O)c3ccccc32)cc1. The lowest BCUT2D eigenvalue weighted by Gasteiger charge is -2.04. The molecular formula is C17H13NO3. The van der Waals surface area contributed by atoms with Crippen LogP contribution in [0.25, 0.3) is 10.9 Å². The average Bonchev–Trinajstić information content (AvgIpc) is 2.87. The molecule has 0 radical (unpaired) electrons. The highest BCUT2D eigenvalue weighted by atomic mass is 16.4. The van der Waals surface area contributed by atoms with Gasteiger partial charge in [0.15, 0.2) is 0 Å². The molecule has 0 atom stereocenters. The monoisotopic (exact) mass is 279 g/mol. The zero-order valence-corrected chi connectivity index (χ0v) is 11.4. The van der Waals surface area contributed by atoms with Crippen molar-refractivity contribution in [3.8, 4) is 0 Å². The number of carboxylic acid groups (broad SMARTS) is 1. The number of hydrogen-bond donors (Lipinski definition) is 1. The van der Waals surface area contributed by atoms with Crippen LogP contribution in [0.4, 0.5) is 0 Å². The maximum absolute atomic E-state index is 12.6. The summed E-state index contributed by atoms with van der Waals surface area (Å²) in [4.78, 5) is 23.9. The first kappa shape index (κ1) is 13.1. The topological polar surface area (TPSA) is 59.3 Å². The molecule has 0 aliphatic rings. The second-order valence-corrected chi connectivity index (χ2v) is 4.91. The van der Waals surface area contributed by atoms with Crippen LogP contribution in [0.1, 0.15) is 26.3 Å². The summed E-state index contributed by atoms with van der Waals surface area (Å²) in [6, 6.07) is 14.2. The molecule has 21 heavy (non-hydrogen) atoms. The van der Waals surface area contributed by atoms with E-state index in [-0.39, 0.29) is 11.5 Å². The van der Waals surface area contributed by atoms with E-state index in [9.17, 15) is 14.7 Å². The molecule has 1 N–H and O–H groups in total. The minimum Gasteiger partial charge on any atom is -0.478 e. The zero-order chi connectivity index (χ0) is 15.0. The minimum atomic E-state index is -1.04. The van der Waals surface area contributed by atoms with E-state index in [1.807, 2.05) is 19.1 Å². The molecule has 0 unspecified atom stereocenters. The van der Waals surface area contributed by atoms with Crippen LogP contribution in [-0.4, -0.2) is 21.6 Å². The van der Waals surface area contributed by atoms with E-state index in [2.05, 4.69) is 0 Å². The number of nitrogens with zero attached hydrogens (tertiary/aromatic N) is 1. The smallest absolute Gasteiger partial charge is 0.337 e. The van der Waals surface area contributed by atoms with Crippen LogP contribution < -0.4 is 0 Å². The van der Waals surface area contributed by atoms with Crippen molar-refractivity contribution in [3.05, 3.63) is 71.4 Å². The Labute approximate surface area is 121 Å². The summed E-state index contributed by atoms with van der Waals surface area (Å²) in [7, 11) is 0. The highest BCUT2D eigenvalue weighted by Crippen LogP contribution is 2.22. The number of aryl methyl sites for hydroxylation is 1. The molecule has 0 amide bonds. The molecule has 0 spiro atoms. The van der Waals surface area contributed by atoms with E-state index in [4.69, 9.17) is 0 Å². The number of benzene rings is 2. The van der Waals surface area contributed by atoms with Crippen molar-refractivity contribution in [2.45, 2.75) is 6.92 Å². The maximum Gasteiger partial charge on any atom is 0.337 e. The van der Waals surface area contributed by atoms with Crippen molar-refractivity contribution < 1.29 is 14.7 Å². The van der Waals surface area contributed by atoms with Crippen LogP contribution in [0.15, 0.2) is 54.7 Å². The summed E-state index contributed by atoms with van der Waals surface area (Å²) in [5.41, 5.74) is 2.32. The first-order valence-corrected chi connectivity index (χ1v) is 6.52. The van der Waals surface area contributed by atoms with E-state index in [0.29, 0.717) is 16.5 Å². The lowest BCUT2D eigenvalue weighted by atomic mass is 10.1. The van der Waals surface area contributed by atoms with Gasteiger partial charge in [-0.3, -0.25) is 9.36 Å². The predicted molar refractivity (Wildman–Crippen MR) is 79.8 cm³/mol. The van der Waals surface area contributed by atoms with Crippen molar-refractivity contribution in [2.75, 3.05) is 0 Å². The third-order valence-electron chi connectivity index (χ3n) is 3.46. The number of aromatic nitrogens is 1. The van der Waals surface area contributed by atoms with E-state index in [1.54, 1.807) is 36.4 Å². The number of carboxylic acids is 1. The molecular weight excluding hydrogens is 266 g/mol. The number of hydrogen-bond acceptors (Lipinski definition) is 2. The molecule has 104 valence electrons. The molecule has 1 aromatic heterocycles. The molecule has 0 aliphatic heterocycles. The van der Waals surface area contributed by atoms with Crippen molar-refractivity contribution in [2.24, 2.45) is 0 Å². The van der Waals surface area contributed by atoms with Gasteiger partial charge in [0.05, 0.1) is 11.1 Å². The molecule has 4 nitrogen and oxygen atoms in total. The second-order valence-electron chi connectivity index (χ2n) is 4.91. The van der Waals surface area contributed by atoms with Crippen LogP contribution in [0.3, 0.4) is 0 Å². The van der Waals surface area contributed by atoms with Gasteiger partial charge >= 0.3 is 5.97 Å². The highest BCUT2D eigenvalue weighted by Gasteiger charge is 2.18. The van der Waals surface area contributed by atoms with Crippen LogP contribution in [-0.2, 0) is 0 Å². The first-order valence-electron chi connectivity index (χ1n) is 6.52. The van der Waals surface area contributed by atoms with E-state index in [1.165, 1.54) is 10.8 Å². The van der Waals surface area contributed by atoms with Gasteiger partial charge in [-0.1, -0.05) is 35.9 Å². The standard InChI is InChI=1S/C17H13NO3/c1-11-6-8-12(9-7-11)16(19)18-10-14(17(20)21)13-4-2-3-5-15(13)18/h2-10H,1H3,(H,20,21). The molecule has 0 saturated heterocycles. The van der Waals surface area contributed by atoms with Gasteiger partial charge in [-0.15, -0.1) is 0 Å². The van der Waals surface area contributed by atoms with Gasteiger partial charge in [0.25, 0.3) is 5.91 Å². The van der Waals surface area contributed by atoms with E-state index in [0.717, 1.165) is 5.56 Å². The fourth-order valence-corrected chi connectivity index (χ4v) is 2.35. The van der Waals surface area contributed by atoms with Crippen LogP contribution >= 0.6 is 0 Å². The fraction of sp³-hybridized carbons (Fsp3) is 0.0588. The van der Waals surface area contributed by atoms with Gasteiger partial charge in [-0.25, -0.2) is 4.79 Å². The fourth-order valence-electron chi connectivity index (χ4n) is 2.35. The summed E-state index contributed by atoms with van der Waals surface area (Å²) < 4.78 is 1.39. The van der Waals surface area contributed by atoms with Gasteiger partial charge in [0, 0.05) is 17.1 Å². The van der Waals surface area contributed by atoms with Crippen LogP contribution in [0, 0.1) is 6.92 Å². The Balaban J connectivity index is 2.18. The van der Waals surface area contributed by atoms with E-state index >= 15 is 0 Å². The van der Waals surface area contributed by atoms with Crippen molar-refractivity contribution >= 4 is 22.8 Å². The summed E-state index contributed by atoms with van der Waals surface area (Å²) in [6.45, 7) is 1.95. The van der Waals surface area contributed by atoms with Gasteiger partial charge < -0.3 is 5.11 Å². The normalized spacial score (nSPS) is 10.7. The molecule has 0 aliphatic carbocycles. The van der Waals surface area contributed by atoms with Crippen molar-refractivity contribution in [1.82, 2.24) is 4.57 Å². The zero-order valence-electron chi connectivity index (χ0n) is 11.4. The van der Waals surface area contributed by atoms with Gasteiger partial charge in [-0.2, -0.15) is 0 Å². The van der Waals surface area contributed by atoms with Gasteiger partial charge in [-0.05, 0) is 25.1 Å². The minimum absolute atomic E-state index is 0.131. The number of para-hydroxylation sites is 1. The second kappa shape index (κ2) is 4.90. The molecule has 1 heterocycles. The van der Waals surface area contributed by atoms with E-state index < -0.39 is 5.97 Å². The quantitative estimate of drug-likeness (QED) is 0.782. The van der Waals surface area contributed by atoms with Crippen LogP contribution in [0.2, 0.25) is 0 Å². The number of carbonyl (C=O) groups excluding carboxylic acids is 1. The van der Waals surface area contributed by atoms with Crippen LogP contribution in [0.5, 0.6) is 0 Å². The summed E-state index contributed by atoms with van der Waals surface area (Å²) in [5.74, 6) is -1.28. The van der Waals surface area contributed by atoms with Gasteiger partial charge in [0.2, 0.25) is 0 Å². The Hall–Kier alpha value is -2.88. The Bertz CT molecular complexity index is 844. The molecule has 0 bridgehead atoms. The molecule has 0 fully saturated rings. The average molecular weight is 279 g/mol. The Morgan fingerprint density at radius 3 is 2.33 bits per heavy atom. The van der Waals surface area contributed by atoms with Gasteiger partial charge in [0.1, 0.15) is 0 Å². The number of aromatic carboxylic acids is 1. The lowest BCUT2D eigenvalue weighted by Crippen LogP contribution is -2.10. The number of fused-ring (bicyclic) bond motifs is 1. The predicted octanol–water partition coefficient (Wildman–Crippen LogP) is 3.34. The molecule has 3 aromatic rings. The maximum atomic E-state index is 12.6. The Kier molecular flexibility index (Phi) is 3.06. The Morgan fingerprint density at radius 1 is 1.00 bits per heavy atom. The highest BCUT2D eigenvalue weighted by molar-refractivity contribution is 6.09.